The number of rotatable bonds is 4. The molecule has 0 saturated heterocycles. The van der Waals surface area contributed by atoms with Gasteiger partial charge in [0.15, 0.2) is 0 Å². The van der Waals surface area contributed by atoms with Crippen molar-refractivity contribution < 1.29 is 14.6 Å². The van der Waals surface area contributed by atoms with E-state index >= 15 is 0 Å². The molecular weight excluding hydrogens is 242 g/mol. The third-order valence-electron chi connectivity index (χ3n) is 3.02. The average molecular weight is 255 g/mol. The molecule has 1 aliphatic carbocycles. The van der Waals surface area contributed by atoms with Crippen LogP contribution in [0.5, 0.6) is 5.75 Å². The topological polar surface area (TPSA) is 59.4 Å². The van der Waals surface area contributed by atoms with Gasteiger partial charge in [0.05, 0.1) is 11.7 Å². The Bertz CT molecular complexity index is 606. The number of carbonyl (C=O) groups is 1. The van der Waals surface area contributed by atoms with E-state index in [4.69, 9.17) is 9.84 Å². The Balaban J connectivity index is 2.04. The number of hydrogen-bond acceptors (Lipinski definition) is 3. The minimum absolute atomic E-state index is 0.222. The highest BCUT2D eigenvalue weighted by Gasteiger charge is 2.25. The molecule has 4 heteroatoms. The Hall–Kier alpha value is -2.36. The fourth-order valence-corrected chi connectivity index (χ4v) is 1.88. The summed E-state index contributed by atoms with van der Waals surface area (Å²) in [5.41, 5.74) is 2.04. The molecule has 1 N–H and O–H groups in total. The van der Waals surface area contributed by atoms with Gasteiger partial charge in [0.25, 0.3) is 0 Å². The van der Waals surface area contributed by atoms with E-state index in [1.54, 1.807) is 30.6 Å². The van der Waals surface area contributed by atoms with Gasteiger partial charge >= 0.3 is 5.97 Å². The highest BCUT2D eigenvalue weighted by atomic mass is 16.5. The van der Waals surface area contributed by atoms with E-state index in [-0.39, 0.29) is 11.7 Å². The van der Waals surface area contributed by atoms with Crippen LogP contribution in [0.15, 0.2) is 42.7 Å². The number of ether oxygens (including phenoxy) is 1. The number of aromatic carboxylic acids is 1. The number of hydrogen-bond donors (Lipinski definition) is 1. The van der Waals surface area contributed by atoms with Crippen LogP contribution in [0, 0.1) is 0 Å². The van der Waals surface area contributed by atoms with Gasteiger partial charge in [0, 0.05) is 23.5 Å². The predicted octanol–water partition coefficient (Wildman–Crippen LogP) is 2.99. The Labute approximate surface area is 110 Å². The maximum Gasteiger partial charge on any atom is 0.335 e. The van der Waals surface area contributed by atoms with Gasteiger partial charge in [-0.3, -0.25) is 4.98 Å². The summed E-state index contributed by atoms with van der Waals surface area (Å²) >= 11 is 0. The molecule has 0 aliphatic heterocycles. The first-order valence-electron chi connectivity index (χ1n) is 6.18. The van der Waals surface area contributed by atoms with E-state index in [0.717, 1.165) is 24.0 Å². The van der Waals surface area contributed by atoms with Crippen LogP contribution in [0.2, 0.25) is 0 Å². The van der Waals surface area contributed by atoms with Crippen molar-refractivity contribution in [2.75, 3.05) is 0 Å². The lowest BCUT2D eigenvalue weighted by Crippen LogP contribution is -2.02. The Morgan fingerprint density at radius 2 is 2.16 bits per heavy atom. The Morgan fingerprint density at radius 1 is 1.32 bits per heavy atom. The number of aromatic nitrogens is 1. The SMILES string of the molecule is O=C(O)c1ccc(-c2cccnc2)c(OC2CC2)c1. The number of nitrogens with zero attached hydrogens (tertiary/aromatic N) is 1. The quantitative estimate of drug-likeness (QED) is 0.912. The molecule has 0 radical (unpaired) electrons. The first kappa shape index (κ1) is 11.7. The lowest BCUT2D eigenvalue weighted by atomic mass is 10.0. The average Bonchev–Trinajstić information content (AvgIpc) is 3.23. The molecule has 1 aliphatic rings. The van der Waals surface area contributed by atoms with Crippen molar-refractivity contribution in [1.82, 2.24) is 4.98 Å². The van der Waals surface area contributed by atoms with Crippen LogP contribution in [0.1, 0.15) is 23.2 Å². The second-order valence-electron chi connectivity index (χ2n) is 4.58. The zero-order valence-corrected chi connectivity index (χ0v) is 10.2. The Morgan fingerprint density at radius 3 is 2.79 bits per heavy atom. The molecule has 3 rings (SSSR count). The first-order valence-corrected chi connectivity index (χ1v) is 6.18. The summed E-state index contributed by atoms with van der Waals surface area (Å²) in [5.74, 6) is -0.325. The van der Waals surface area contributed by atoms with Gasteiger partial charge in [-0.05, 0) is 37.1 Å². The summed E-state index contributed by atoms with van der Waals surface area (Å²) in [7, 11) is 0. The van der Waals surface area contributed by atoms with Gasteiger partial charge in [0.1, 0.15) is 5.75 Å². The highest BCUT2D eigenvalue weighted by molar-refractivity contribution is 5.89. The third-order valence-corrected chi connectivity index (χ3v) is 3.02. The molecule has 0 unspecified atom stereocenters. The molecule has 1 heterocycles. The fraction of sp³-hybridized carbons (Fsp3) is 0.200. The smallest absolute Gasteiger partial charge is 0.335 e. The molecule has 19 heavy (non-hydrogen) atoms. The number of benzene rings is 1. The monoisotopic (exact) mass is 255 g/mol. The largest absolute Gasteiger partial charge is 0.490 e. The summed E-state index contributed by atoms with van der Waals surface area (Å²) in [4.78, 5) is 15.1. The lowest BCUT2D eigenvalue weighted by molar-refractivity contribution is 0.0696. The zero-order chi connectivity index (χ0) is 13.2. The van der Waals surface area contributed by atoms with Gasteiger partial charge in [-0.2, -0.15) is 0 Å². The molecule has 96 valence electrons. The van der Waals surface area contributed by atoms with Crippen molar-refractivity contribution in [1.29, 1.82) is 0 Å². The van der Waals surface area contributed by atoms with Gasteiger partial charge in [-0.1, -0.05) is 6.07 Å². The molecule has 1 aromatic carbocycles. The van der Waals surface area contributed by atoms with Crippen molar-refractivity contribution in [3.63, 3.8) is 0 Å². The first-order chi connectivity index (χ1) is 9.24. The van der Waals surface area contributed by atoms with E-state index < -0.39 is 5.97 Å². The highest BCUT2D eigenvalue weighted by Crippen LogP contribution is 2.35. The lowest BCUT2D eigenvalue weighted by Gasteiger charge is -2.11. The summed E-state index contributed by atoms with van der Waals surface area (Å²) in [5, 5.41) is 9.05. The van der Waals surface area contributed by atoms with Crippen molar-refractivity contribution in [3.05, 3.63) is 48.3 Å². The van der Waals surface area contributed by atoms with E-state index in [0.29, 0.717) is 5.75 Å². The molecule has 1 aromatic heterocycles. The van der Waals surface area contributed by atoms with Crippen LogP contribution in [0.4, 0.5) is 0 Å². The van der Waals surface area contributed by atoms with E-state index in [1.165, 1.54) is 0 Å². The van der Waals surface area contributed by atoms with Gasteiger partial charge in [-0.25, -0.2) is 4.79 Å². The maximum atomic E-state index is 11.0. The summed E-state index contributed by atoms with van der Waals surface area (Å²) in [6.07, 6.45) is 5.74. The van der Waals surface area contributed by atoms with Crippen molar-refractivity contribution in [2.24, 2.45) is 0 Å². The van der Waals surface area contributed by atoms with Crippen molar-refractivity contribution >= 4 is 5.97 Å². The van der Waals surface area contributed by atoms with E-state index in [2.05, 4.69) is 4.98 Å². The van der Waals surface area contributed by atoms with E-state index in [1.807, 2.05) is 12.1 Å². The minimum Gasteiger partial charge on any atom is -0.490 e. The number of carboxylic acid groups (broad SMARTS) is 1. The van der Waals surface area contributed by atoms with Crippen LogP contribution in [0.25, 0.3) is 11.1 Å². The minimum atomic E-state index is -0.946. The fourth-order valence-electron chi connectivity index (χ4n) is 1.88. The van der Waals surface area contributed by atoms with Crippen molar-refractivity contribution in [2.45, 2.75) is 18.9 Å². The van der Waals surface area contributed by atoms with Crippen LogP contribution in [-0.2, 0) is 0 Å². The molecule has 1 fully saturated rings. The predicted molar refractivity (Wildman–Crippen MR) is 70.3 cm³/mol. The second-order valence-corrected chi connectivity index (χ2v) is 4.58. The van der Waals surface area contributed by atoms with Crippen LogP contribution in [0.3, 0.4) is 0 Å². The molecule has 2 aromatic rings. The molecular formula is C15H13NO3. The third kappa shape index (κ3) is 2.57. The number of pyridine rings is 1. The summed E-state index contributed by atoms with van der Waals surface area (Å²) in [6, 6.07) is 8.73. The summed E-state index contributed by atoms with van der Waals surface area (Å²) in [6.45, 7) is 0. The molecule has 0 amide bonds. The van der Waals surface area contributed by atoms with Crippen molar-refractivity contribution in [3.8, 4) is 16.9 Å². The Kier molecular flexibility index (Phi) is 2.91. The molecule has 0 atom stereocenters. The molecule has 1 saturated carbocycles. The van der Waals surface area contributed by atoms with Gasteiger partial charge in [0.2, 0.25) is 0 Å². The van der Waals surface area contributed by atoms with Crippen LogP contribution < -0.4 is 4.74 Å². The molecule has 0 bridgehead atoms. The second kappa shape index (κ2) is 4.72. The summed E-state index contributed by atoms with van der Waals surface area (Å²) < 4.78 is 5.81. The normalized spacial score (nSPS) is 14.1. The molecule has 0 spiro atoms. The number of carboxylic acids is 1. The van der Waals surface area contributed by atoms with Gasteiger partial charge < -0.3 is 9.84 Å². The zero-order valence-electron chi connectivity index (χ0n) is 10.2. The van der Waals surface area contributed by atoms with Crippen LogP contribution in [-0.4, -0.2) is 22.2 Å². The van der Waals surface area contributed by atoms with Gasteiger partial charge in [-0.15, -0.1) is 0 Å². The standard InChI is InChI=1S/C15H13NO3/c17-15(18)10-3-6-13(11-2-1-7-16-9-11)14(8-10)19-12-4-5-12/h1-3,6-9,12H,4-5H2,(H,17,18). The van der Waals surface area contributed by atoms with Crippen LogP contribution >= 0.6 is 0 Å². The van der Waals surface area contributed by atoms with E-state index in [9.17, 15) is 4.79 Å². The molecule has 4 nitrogen and oxygen atoms in total. The maximum absolute atomic E-state index is 11.0.